The normalized spacial score (nSPS) is 11.1. The molecule has 0 aliphatic rings. The molecule has 8 N–H and O–H groups in total. The number of hydrogen-bond acceptors (Lipinski definition) is 7. The minimum absolute atomic E-state index is 0.0359. The molecule has 2 rings (SSSR count). The Kier molecular flexibility index (Phi) is 14.7. The molecule has 0 heterocycles. The number of likely N-dealkylation sites (N-methyl/N-ethyl adjacent to an activating group) is 1. The van der Waals surface area contributed by atoms with Crippen molar-refractivity contribution in [3.05, 3.63) is 66.2 Å². The maximum absolute atomic E-state index is 13.1. The van der Waals surface area contributed by atoms with E-state index in [1.165, 1.54) is 33.3 Å². The molecule has 0 spiro atoms. The Labute approximate surface area is 200 Å². The number of carbonyl (C=O) groups excluding carboxylic acids is 3. The van der Waals surface area contributed by atoms with E-state index >= 15 is 0 Å². The molecule has 3 amide bonds. The second-order valence-corrected chi connectivity index (χ2v) is 8.41. The smallest absolute Gasteiger partial charge is 0.243 e. The van der Waals surface area contributed by atoms with Gasteiger partial charge >= 0.3 is 0 Å². The summed E-state index contributed by atoms with van der Waals surface area (Å²) in [5.41, 5.74) is 14.8. The highest BCUT2D eigenvalue weighted by atomic mass is 32.2. The predicted octanol–water partition coefficient (Wildman–Crippen LogP) is -0.866. The van der Waals surface area contributed by atoms with Crippen LogP contribution in [0.2, 0.25) is 0 Å². The first-order chi connectivity index (χ1) is 16.2. The largest absolute Gasteiger partial charge is 0.370 e. The Morgan fingerprint density at radius 2 is 1.41 bits per heavy atom. The van der Waals surface area contributed by atoms with Crippen LogP contribution in [0, 0.1) is 0 Å². The Hall–Kier alpha value is -3.32. The maximum Gasteiger partial charge on any atom is 0.243 e. The van der Waals surface area contributed by atoms with Crippen LogP contribution in [0.4, 0.5) is 0 Å². The van der Waals surface area contributed by atoms with Gasteiger partial charge in [-0.15, -0.1) is 0 Å². The topological polar surface area (TPSA) is 191 Å². The summed E-state index contributed by atoms with van der Waals surface area (Å²) >= 11 is 0. The van der Waals surface area contributed by atoms with Crippen LogP contribution in [0.1, 0.15) is 12.0 Å². The fourth-order valence-electron chi connectivity index (χ4n) is 2.74. The zero-order valence-electron chi connectivity index (χ0n) is 19.6. The molecule has 0 aliphatic heterocycles. The average Bonchev–Trinajstić information content (AvgIpc) is 2.86. The summed E-state index contributed by atoms with van der Waals surface area (Å²) in [6, 6.07) is 15.3. The van der Waals surface area contributed by atoms with Crippen LogP contribution in [0.5, 0.6) is 0 Å². The van der Waals surface area contributed by atoms with Crippen LogP contribution < -0.4 is 27.8 Å². The molecule has 0 fully saturated rings. The third kappa shape index (κ3) is 10.1. The van der Waals surface area contributed by atoms with Crippen LogP contribution >= 0.6 is 0 Å². The van der Waals surface area contributed by atoms with E-state index in [9.17, 15) is 22.8 Å². The van der Waals surface area contributed by atoms with Gasteiger partial charge in [0, 0.05) is 13.6 Å². The van der Waals surface area contributed by atoms with Crippen LogP contribution in [-0.2, 0) is 31.0 Å². The number of amides is 3. The molecule has 11 nitrogen and oxygen atoms in total. The molecule has 0 radical (unpaired) electrons. The van der Waals surface area contributed by atoms with Gasteiger partial charge in [0.1, 0.15) is 6.04 Å². The van der Waals surface area contributed by atoms with E-state index in [0.29, 0.717) is 5.56 Å². The highest BCUT2D eigenvalue weighted by Crippen LogP contribution is 2.18. The summed E-state index contributed by atoms with van der Waals surface area (Å²) in [6.07, 6.45) is -0.407. The summed E-state index contributed by atoms with van der Waals surface area (Å²) in [4.78, 5) is 35.7. The van der Waals surface area contributed by atoms with Gasteiger partial charge in [0.05, 0.1) is 17.9 Å². The minimum atomic E-state index is -4.00. The lowest BCUT2D eigenvalue weighted by atomic mass is 10.2. The van der Waals surface area contributed by atoms with E-state index in [-0.39, 0.29) is 11.4 Å². The molecule has 12 heteroatoms. The molecule has 188 valence electrons. The molecule has 1 atom stereocenters. The average molecular weight is 495 g/mol. The van der Waals surface area contributed by atoms with Crippen molar-refractivity contribution in [1.82, 2.24) is 14.9 Å². The Balaban J connectivity index is 0.00000258. The minimum Gasteiger partial charge on any atom is -0.370 e. The second kappa shape index (κ2) is 16.3. The van der Waals surface area contributed by atoms with Gasteiger partial charge in [-0.3, -0.25) is 14.4 Å². The van der Waals surface area contributed by atoms with Gasteiger partial charge in [-0.1, -0.05) is 48.5 Å². The molecule has 0 unspecified atom stereocenters. The van der Waals surface area contributed by atoms with E-state index in [0.717, 1.165) is 4.31 Å². The number of nitrogens with two attached hydrogens (primary N) is 3. The summed E-state index contributed by atoms with van der Waals surface area (Å²) in [5, 5.41) is 4.71. The highest BCUT2D eigenvalue weighted by Gasteiger charge is 2.29. The number of rotatable bonds is 10. The number of benzene rings is 2. The van der Waals surface area contributed by atoms with Crippen LogP contribution in [0.15, 0.2) is 65.6 Å². The lowest BCUT2D eigenvalue weighted by molar-refractivity contribution is -0.131. The SMILES string of the molecule is CN.CN.CNC(=O)[C@H](CC(N)=O)NC(=O)CN(Cc1ccccc1)S(=O)(=O)c1ccccc1. The van der Waals surface area contributed by atoms with Crippen molar-refractivity contribution in [1.29, 1.82) is 0 Å². The van der Waals surface area contributed by atoms with E-state index in [2.05, 4.69) is 22.1 Å². The van der Waals surface area contributed by atoms with Crippen LogP contribution in [0.3, 0.4) is 0 Å². The highest BCUT2D eigenvalue weighted by molar-refractivity contribution is 7.89. The third-order valence-electron chi connectivity index (χ3n) is 4.21. The maximum atomic E-state index is 13.1. The van der Waals surface area contributed by atoms with E-state index in [4.69, 9.17) is 5.73 Å². The van der Waals surface area contributed by atoms with Gasteiger partial charge in [-0.25, -0.2) is 8.42 Å². The quantitative estimate of drug-likeness (QED) is 0.283. The standard InChI is InChI=1S/C20H24N4O5S.2CH5N/c1-22-20(27)17(12-18(21)25)23-19(26)14-24(13-15-8-4-2-5-9-15)30(28,29)16-10-6-3-7-11-16;2*1-2/h2-11,17H,12-14H2,1H3,(H2,21,25)(H,22,27)(H,23,26);2*2H2,1H3/t17-;;/m0../s1. The number of nitrogens with zero attached hydrogens (tertiary/aromatic N) is 1. The van der Waals surface area contributed by atoms with Gasteiger partial charge in [0.2, 0.25) is 27.7 Å². The van der Waals surface area contributed by atoms with Crippen molar-refractivity contribution in [3.8, 4) is 0 Å². The number of hydrogen-bond donors (Lipinski definition) is 5. The number of carbonyl (C=O) groups is 3. The van der Waals surface area contributed by atoms with Crippen LogP contribution in [0.25, 0.3) is 0 Å². The number of nitrogens with one attached hydrogen (secondary N) is 2. The van der Waals surface area contributed by atoms with Crippen molar-refractivity contribution >= 4 is 27.7 Å². The van der Waals surface area contributed by atoms with Crippen molar-refractivity contribution in [3.63, 3.8) is 0 Å². The Bertz CT molecular complexity index is 987. The van der Waals surface area contributed by atoms with Crippen LogP contribution in [-0.4, -0.2) is 64.2 Å². The second-order valence-electron chi connectivity index (χ2n) is 6.48. The fraction of sp³-hybridized carbons (Fsp3) is 0.318. The van der Waals surface area contributed by atoms with Crippen molar-refractivity contribution in [2.24, 2.45) is 17.2 Å². The molecule has 0 saturated heterocycles. The fourth-order valence-corrected chi connectivity index (χ4v) is 4.14. The lowest BCUT2D eigenvalue weighted by Crippen LogP contribution is -2.50. The zero-order chi connectivity index (χ0) is 26.1. The molecule has 2 aromatic rings. The number of sulfonamides is 1. The van der Waals surface area contributed by atoms with E-state index in [1.807, 2.05) is 0 Å². The summed E-state index contributed by atoms with van der Waals surface area (Å²) in [6.45, 7) is -0.593. The summed E-state index contributed by atoms with van der Waals surface area (Å²) in [5.74, 6) is -2.12. The first-order valence-corrected chi connectivity index (χ1v) is 11.7. The lowest BCUT2D eigenvalue weighted by Gasteiger charge is -2.23. The first kappa shape index (κ1) is 30.7. The third-order valence-corrected chi connectivity index (χ3v) is 6.01. The Morgan fingerprint density at radius 3 is 1.88 bits per heavy atom. The monoisotopic (exact) mass is 494 g/mol. The summed E-state index contributed by atoms with van der Waals surface area (Å²) < 4.78 is 27.2. The Morgan fingerprint density at radius 1 is 0.912 bits per heavy atom. The van der Waals surface area contributed by atoms with Gasteiger partial charge in [0.15, 0.2) is 0 Å². The molecule has 34 heavy (non-hydrogen) atoms. The molecular weight excluding hydrogens is 460 g/mol. The van der Waals surface area contributed by atoms with Crippen molar-refractivity contribution in [2.45, 2.75) is 23.9 Å². The van der Waals surface area contributed by atoms with Crippen molar-refractivity contribution in [2.75, 3.05) is 27.7 Å². The molecule has 0 bridgehead atoms. The number of primary amides is 1. The van der Waals surface area contributed by atoms with Crippen molar-refractivity contribution < 1.29 is 22.8 Å². The molecule has 0 saturated carbocycles. The van der Waals surface area contributed by atoms with E-state index in [1.54, 1.807) is 48.5 Å². The molecule has 2 aromatic carbocycles. The van der Waals surface area contributed by atoms with E-state index < -0.39 is 46.8 Å². The predicted molar refractivity (Wildman–Crippen MR) is 131 cm³/mol. The van der Waals surface area contributed by atoms with Gasteiger partial charge in [-0.2, -0.15) is 4.31 Å². The van der Waals surface area contributed by atoms with Gasteiger partial charge in [-0.05, 0) is 31.8 Å². The molecular formula is C22H34N6O5S. The summed E-state index contributed by atoms with van der Waals surface area (Å²) in [7, 11) is 0.353. The zero-order valence-corrected chi connectivity index (χ0v) is 20.4. The van der Waals surface area contributed by atoms with Gasteiger partial charge in [0.25, 0.3) is 0 Å². The molecule has 0 aliphatic carbocycles. The first-order valence-electron chi connectivity index (χ1n) is 10.3. The van der Waals surface area contributed by atoms with Gasteiger partial charge < -0.3 is 27.8 Å². The molecule has 0 aromatic heterocycles.